The van der Waals surface area contributed by atoms with Gasteiger partial charge < -0.3 is 39.5 Å². The number of hydroxylamine groups is 2. The van der Waals surface area contributed by atoms with Gasteiger partial charge in [-0.2, -0.15) is 11.0 Å². The first-order valence-electron chi connectivity index (χ1n) is 15.0. The number of hydrogen-bond donors (Lipinski definition) is 6. The number of carboxylic acid groups (broad SMARTS) is 2. The number of aliphatic hydroxyl groups excluding tert-OH is 1. The molecule has 0 radical (unpaired) electrons. The van der Waals surface area contributed by atoms with Crippen LogP contribution in [0.5, 0.6) is 0 Å². The molecule has 0 saturated heterocycles. The summed E-state index contributed by atoms with van der Waals surface area (Å²) in [5, 5.41) is 38.2. The number of allylic oxidation sites excluding steroid dienone is 1. The first-order valence-corrected chi connectivity index (χ1v) is 15.0. The highest BCUT2D eigenvalue weighted by molar-refractivity contribution is 5.68. The van der Waals surface area contributed by atoms with Crippen molar-refractivity contribution in [3.63, 3.8) is 0 Å². The number of rotatable bonds is 14. The second-order valence-electron chi connectivity index (χ2n) is 12.8. The molecular weight excluding hydrogens is 580 g/mol. The van der Waals surface area contributed by atoms with Crippen molar-refractivity contribution in [1.82, 2.24) is 11.0 Å². The molecule has 4 rings (SSSR count). The molecule has 2 fully saturated rings. The number of aliphatic carboxylic acids is 2. The van der Waals surface area contributed by atoms with Crippen LogP contribution < -0.4 is 11.0 Å². The fourth-order valence-electron chi connectivity index (χ4n) is 6.67. The quantitative estimate of drug-likeness (QED) is 0.120. The summed E-state index contributed by atoms with van der Waals surface area (Å²) >= 11 is 0. The zero-order chi connectivity index (χ0) is 32.7. The lowest BCUT2D eigenvalue weighted by Crippen LogP contribution is -2.53. The van der Waals surface area contributed by atoms with Crippen molar-refractivity contribution in [3.05, 3.63) is 24.2 Å². The predicted molar refractivity (Wildman–Crippen MR) is 153 cm³/mol. The summed E-state index contributed by atoms with van der Waals surface area (Å²) in [6, 6.07) is -1.44. The third kappa shape index (κ3) is 8.64. The molecule has 2 aliphatic heterocycles. The minimum absolute atomic E-state index is 0.0718. The van der Waals surface area contributed by atoms with E-state index in [4.69, 9.17) is 29.4 Å². The van der Waals surface area contributed by atoms with Gasteiger partial charge in [-0.25, -0.2) is 0 Å². The lowest BCUT2D eigenvalue weighted by molar-refractivity contribution is -0.240. The highest BCUT2D eigenvalue weighted by atomic mass is 16.8. The van der Waals surface area contributed by atoms with Crippen molar-refractivity contribution in [3.8, 4) is 0 Å². The lowest BCUT2D eigenvalue weighted by atomic mass is 9.75. The van der Waals surface area contributed by atoms with E-state index in [0.29, 0.717) is 30.8 Å². The predicted octanol–water partition coefficient (Wildman–Crippen LogP) is 1.81. The summed E-state index contributed by atoms with van der Waals surface area (Å²) in [6.07, 6.45) is 6.02. The summed E-state index contributed by atoms with van der Waals surface area (Å²) in [5.41, 5.74) is 4.47. The summed E-state index contributed by atoms with van der Waals surface area (Å²) in [7, 11) is 0. The standard InChI is InChI=1S/C15H23NO7.C15H23NO5/c1-14(2)7-10(18)15(21)5-6-22-13(12(14)15)23-16-9(8-17)3-4-11(19)20;1-9-3-5-12-10(2)8-20-15(14(9)12)21-16-11(7-17)4-6-13(18)19/h5-6,8-10,12-13,16,18,21H,3-4,7H2,1-2H3,(H,19,20);7-9,11-12,14-16H,3-6H2,1-2H3,(H,18,19)/t9-,10-,12-,13+,15-;9?,11-,12+,14+,15+/m11/s1. The van der Waals surface area contributed by atoms with Gasteiger partial charge in [-0.1, -0.05) is 20.8 Å². The molecule has 0 aromatic carbocycles. The van der Waals surface area contributed by atoms with Crippen molar-refractivity contribution in [1.29, 1.82) is 0 Å². The maximum Gasteiger partial charge on any atom is 0.303 e. The van der Waals surface area contributed by atoms with E-state index in [-0.39, 0.29) is 31.6 Å². The Hall–Kier alpha value is -2.88. The highest BCUT2D eigenvalue weighted by Gasteiger charge is 2.62. The Morgan fingerprint density at radius 3 is 2.14 bits per heavy atom. The monoisotopic (exact) mass is 626 g/mol. The van der Waals surface area contributed by atoms with Gasteiger partial charge in [0, 0.05) is 18.8 Å². The van der Waals surface area contributed by atoms with Crippen LogP contribution in [0.4, 0.5) is 0 Å². The van der Waals surface area contributed by atoms with Crippen LogP contribution >= 0.6 is 0 Å². The fraction of sp³-hybridized carbons (Fsp3) is 0.733. The molecule has 4 aliphatic rings. The molecule has 14 nitrogen and oxygen atoms in total. The van der Waals surface area contributed by atoms with Crippen LogP contribution in [0.1, 0.15) is 72.6 Å². The van der Waals surface area contributed by atoms with Crippen LogP contribution in [0.3, 0.4) is 0 Å². The summed E-state index contributed by atoms with van der Waals surface area (Å²) in [6.45, 7) is 8.03. The number of fused-ring (bicyclic) bond motifs is 2. The van der Waals surface area contributed by atoms with Crippen LogP contribution in [0.2, 0.25) is 0 Å². The van der Waals surface area contributed by atoms with Gasteiger partial charge in [0.1, 0.15) is 18.2 Å². The molecule has 2 aliphatic carbocycles. The maximum atomic E-state index is 11.0. The van der Waals surface area contributed by atoms with Gasteiger partial charge in [0.2, 0.25) is 12.6 Å². The number of nitrogens with one attached hydrogen (secondary N) is 2. The third-order valence-electron chi connectivity index (χ3n) is 9.09. The Morgan fingerprint density at radius 2 is 1.59 bits per heavy atom. The Kier molecular flexibility index (Phi) is 12.5. The van der Waals surface area contributed by atoms with Crippen molar-refractivity contribution in [2.45, 2.75) is 109 Å². The normalized spacial score (nSPS) is 34.5. The summed E-state index contributed by atoms with van der Waals surface area (Å²) < 4.78 is 11.0. The van der Waals surface area contributed by atoms with Crippen LogP contribution in [0.25, 0.3) is 0 Å². The minimum Gasteiger partial charge on any atom is -0.481 e. The highest BCUT2D eigenvalue weighted by Crippen LogP contribution is 2.53. The van der Waals surface area contributed by atoms with E-state index in [2.05, 4.69) is 24.8 Å². The lowest BCUT2D eigenvalue weighted by Gasteiger charge is -2.41. The van der Waals surface area contributed by atoms with Gasteiger partial charge in [0.05, 0.1) is 36.6 Å². The average molecular weight is 627 g/mol. The van der Waals surface area contributed by atoms with E-state index in [0.717, 1.165) is 12.8 Å². The molecule has 0 amide bonds. The molecule has 14 heteroatoms. The number of carboxylic acids is 2. The molecule has 44 heavy (non-hydrogen) atoms. The van der Waals surface area contributed by atoms with Gasteiger partial charge in [0.25, 0.3) is 0 Å². The number of carbonyl (C=O) groups excluding carboxylic acids is 2. The smallest absolute Gasteiger partial charge is 0.303 e. The topological polar surface area (TPSA) is 210 Å². The van der Waals surface area contributed by atoms with E-state index in [1.54, 1.807) is 6.26 Å². The van der Waals surface area contributed by atoms with Gasteiger partial charge >= 0.3 is 11.9 Å². The fourth-order valence-corrected chi connectivity index (χ4v) is 6.67. The van der Waals surface area contributed by atoms with Gasteiger partial charge in [0.15, 0.2) is 0 Å². The van der Waals surface area contributed by atoms with Crippen molar-refractivity contribution < 1.29 is 58.8 Å². The van der Waals surface area contributed by atoms with E-state index in [9.17, 15) is 29.4 Å². The third-order valence-corrected chi connectivity index (χ3v) is 9.09. The number of aldehydes is 2. The molecule has 10 atom stereocenters. The second-order valence-corrected chi connectivity index (χ2v) is 12.8. The zero-order valence-electron chi connectivity index (χ0n) is 25.6. The summed E-state index contributed by atoms with van der Waals surface area (Å²) in [5.74, 6) is -1.25. The van der Waals surface area contributed by atoms with E-state index < -0.39 is 59.6 Å². The maximum absolute atomic E-state index is 11.0. The average Bonchev–Trinajstić information content (AvgIpc) is 3.44. The van der Waals surface area contributed by atoms with Gasteiger partial charge in [-0.3, -0.25) is 19.3 Å². The Balaban J connectivity index is 0.000000241. The minimum atomic E-state index is -1.47. The number of aliphatic hydroxyl groups is 2. The molecule has 248 valence electrons. The van der Waals surface area contributed by atoms with Crippen molar-refractivity contribution in [2.75, 3.05) is 0 Å². The Bertz CT molecular complexity index is 1080. The molecule has 2 heterocycles. The van der Waals surface area contributed by atoms with E-state index >= 15 is 0 Å². The molecular formula is C30H46N2O12. The largest absolute Gasteiger partial charge is 0.481 e. The number of carbonyl (C=O) groups is 4. The Morgan fingerprint density at radius 1 is 1.02 bits per heavy atom. The molecule has 0 aromatic rings. The van der Waals surface area contributed by atoms with Gasteiger partial charge in [-0.15, -0.1) is 0 Å². The Labute approximate surface area is 256 Å². The molecule has 0 bridgehead atoms. The SMILES string of the molecule is CC1(C)C[C@@H](O)[C@]2(O)C=CO[C@@H](ON[C@@H](C=O)CCC(=O)O)[C@H]12.CC1=CO[C@@H](ON[C@@H](C=O)CCC(=O)O)[C@H]2C(C)CC[C@@H]12. The molecule has 2 saturated carbocycles. The van der Waals surface area contributed by atoms with Crippen LogP contribution in [-0.2, 0) is 38.3 Å². The van der Waals surface area contributed by atoms with E-state index in [1.165, 1.54) is 17.9 Å². The van der Waals surface area contributed by atoms with Crippen molar-refractivity contribution >= 4 is 24.5 Å². The molecule has 0 aromatic heterocycles. The van der Waals surface area contributed by atoms with Crippen LogP contribution in [0, 0.1) is 29.1 Å². The summed E-state index contributed by atoms with van der Waals surface area (Å²) in [4.78, 5) is 54.0. The van der Waals surface area contributed by atoms with Crippen LogP contribution in [0.15, 0.2) is 24.2 Å². The molecule has 0 spiro atoms. The van der Waals surface area contributed by atoms with Crippen LogP contribution in [-0.4, -0.2) is 81.3 Å². The molecule has 1 unspecified atom stereocenters. The molecule has 6 N–H and O–H groups in total. The van der Waals surface area contributed by atoms with Gasteiger partial charge in [-0.05, 0) is 67.9 Å². The first kappa shape index (κ1) is 35.6. The second kappa shape index (κ2) is 15.4. The number of ether oxygens (including phenoxy) is 2. The number of hydrogen-bond acceptors (Lipinski definition) is 12. The van der Waals surface area contributed by atoms with E-state index in [1.807, 2.05) is 13.8 Å². The zero-order valence-corrected chi connectivity index (χ0v) is 25.6. The first-order chi connectivity index (χ1) is 20.7. The van der Waals surface area contributed by atoms with Crippen molar-refractivity contribution in [2.24, 2.45) is 29.1 Å².